The molecule has 0 saturated carbocycles. The predicted molar refractivity (Wildman–Crippen MR) is 200 cm³/mol. The molecule has 0 fully saturated rings. The standard InChI is InChI=1S/C26H23P2.C14H15NP.Ru/c1-5-13-23(14-6-1)27(24-15-7-2-8-16-24)21-22-28(25-17-9-3-10-18-25)26-19-11-4-12-20-26;15-11-12-16(13-7-3-1-4-8-13)14-9-5-2-6-10-14;/h1-21H,22H2;1-11H,12,15H2;/q2*-1;+2. The first-order valence-electron chi connectivity index (χ1n) is 14.8. The van der Waals surface area contributed by atoms with Crippen molar-refractivity contribution in [2.75, 3.05) is 12.3 Å². The number of hydrogen-bond acceptors (Lipinski definition) is 1. The number of nitrogens with two attached hydrogens (primary N) is 1. The van der Waals surface area contributed by atoms with Gasteiger partial charge < -0.3 is 5.73 Å². The Morgan fingerprint density at radius 1 is 0.356 bits per heavy atom. The van der Waals surface area contributed by atoms with Gasteiger partial charge >= 0.3 is 19.5 Å². The van der Waals surface area contributed by atoms with E-state index in [-0.39, 0.29) is 27.4 Å². The van der Waals surface area contributed by atoms with Crippen LogP contribution < -0.4 is 37.6 Å². The number of rotatable bonds is 11. The smallest absolute Gasteiger partial charge is 0.483 e. The van der Waals surface area contributed by atoms with Crippen LogP contribution in [0.25, 0.3) is 0 Å². The zero-order chi connectivity index (χ0) is 30.2. The minimum absolute atomic E-state index is 0. The zero-order valence-electron chi connectivity index (χ0n) is 25.2. The Hall–Kier alpha value is -2.81. The maximum Gasteiger partial charge on any atom is 2.00 e. The molecule has 0 amide bonds. The molecule has 0 spiro atoms. The fourth-order valence-electron chi connectivity index (χ4n) is 4.96. The van der Waals surface area contributed by atoms with Gasteiger partial charge in [0.2, 0.25) is 0 Å². The summed E-state index contributed by atoms with van der Waals surface area (Å²) in [6.45, 7) is 1.77. The first kappa shape index (κ1) is 35.1. The van der Waals surface area contributed by atoms with Gasteiger partial charge in [-0.3, -0.25) is 12.7 Å². The van der Waals surface area contributed by atoms with Crippen LogP contribution in [0.3, 0.4) is 0 Å². The van der Waals surface area contributed by atoms with E-state index in [2.05, 4.69) is 176 Å². The largest absolute Gasteiger partial charge is 2.00 e. The van der Waals surface area contributed by atoms with E-state index >= 15 is 0 Å². The van der Waals surface area contributed by atoms with Crippen LogP contribution in [0.15, 0.2) is 182 Å². The maximum atomic E-state index is 5.60. The van der Waals surface area contributed by atoms with Crippen molar-refractivity contribution >= 4 is 55.6 Å². The Morgan fingerprint density at radius 3 is 0.867 bits per heavy atom. The van der Waals surface area contributed by atoms with Gasteiger partial charge in [-0.1, -0.05) is 208 Å². The maximum absolute atomic E-state index is 5.60. The van der Waals surface area contributed by atoms with E-state index in [1.165, 1.54) is 31.8 Å². The van der Waals surface area contributed by atoms with E-state index < -0.39 is 15.8 Å². The number of hydrogen-bond donors (Lipinski definition) is 1. The van der Waals surface area contributed by atoms with Crippen molar-refractivity contribution in [2.24, 2.45) is 5.73 Å². The summed E-state index contributed by atoms with van der Waals surface area (Å²) < 4.78 is 0. The van der Waals surface area contributed by atoms with Crippen LogP contribution in [-0.4, -0.2) is 12.3 Å². The van der Waals surface area contributed by atoms with E-state index in [4.69, 9.17) is 5.73 Å². The van der Waals surface area contributed by atoms with Crippen LogP contribution in [0, 0.1) is 12.7 Å². The van der Waals surface area contributed by atoms with Crippen LogP contribution in [0.5, 0.6) is 0 Å². The van der Waals surface area contributed by atoms with Gasteiger partial charge in [0, 0.05) is 0 Å². The van der Waals surface area contributed by atoms with Gasteiger partial charge in [0.15, 0.2) is 0 Å². The molecule has 1 nitrogen and oxygen atoms in total. The Bertz CT molecular complexity index is 1410. The molecule has 0 bridgehead atoms. The van der Waals surface area contributed by atoms with Crippen molar-refractivity contribution in [1.82, 2.24) is 0 Å². The van der Waals surface area contributed by atoms with Gasteiger partial charge in [0.1, 0.15) is 0 Å². The SMILES string of the molecule is N[CH-]CP(c1ccccc1)c1ccccc1.[Ru+2].c1ccc(P([CH-]CP(c2ccccc2)c2ccccc2)c2ccccc2)cc1. The first-order valence-corrected chi connectivity index (χ1v) is 19.3. The van der Waals surface area contributed by atoms with Crippen molar-refractivity contribution in [3.63, 3.8) is 0 Å². The minimum Gasteiger partial charge on any atom is -0.483 e. The van der Waals surface area contributed by atoms with Gasteiger partial charge in [0.05, 0.1) is 0 Å². The topological polar surface area (TPSA) is 26.0 Å². The van der Waals surface area contributed by atoms with Crippen LogP contribution in [0.2, 0.25) is 0 Å². The van der Waals surface area contributed by atoms with E-state index in [9.17, 15) is 0 Å². The second-order valence-electron chi connectivity index (χ2n) is 10.0. The number of benzene rings is 6. The molecule has 0 radical (unpaired) electrons. The summed E-state index contributed by atoms with van der Waals surface area (Å²) in [5.74, 6) is 0. The first-order chi connectivity index (χ1) is 21.8. The molecule has 2 N–H and O–H groups in total. The van der Waals surface area contributed by atoms with Crippen LogP contribution >= 0.6 is 23.8 Å². The quantitative estimate of drug-likeness (QED) is 0.0830. The molecule has 0 aromatic heterocycles. The average Bonchev–Trinajstić information content (AvgIpc) is 3.12. The second kappa shape index (κ2) is 19.7. The molecular formula is C40H38NP3Ru. The van der Waals surface area contributed by atoms with Gasteiger partial charge in [-0.05, 0) is 21.2 Å². The molecule has 0 atom stereocenters. The summed E-state index contributed by atoms with van der Waals surface area (Å²) in [5, 5.41) is 8.47. The molecule has 6 rings (SSSR count). The van der Waals surface area contributed by atoms with E-state index in [1.54, 1.807) is 6.54 Å². The summed E-state index contributed by atoms with van der Waals surface area (Å²) in [6.07, 6.45) is 4.59. The molecule has 5 heteroatoms. The molecule has 45 heavy (non-hydrogen) atoms. The Balaban J connectivity index is 0.000000231. The second-order valence-corrected chi connectivity index (χ2v) is 16.7. The zero-order valence-corrected chi connectivity index (χ0v) is 29.6. The molecular weight excluding hydrogens is 688 g/mol. The summed E-state index contributed by atoms with van der Waals surface area (Å²) >= 11 is 0. The Labute approximate surface area is 286 Å². The Kier molecular flexibility index (Phi) is 15.3. The van der Waals surface area contributed by atoms with E-state index in [0.717, 1.165) is 12.3 Å². The van der Waals surface area contributed by atoms with E-state index in [0.29, 0.717) is 0 Å². The monoisotopic (exact) mass is 727 g/mol. The predicted octanol–water partition coefficient (Wildman–Crippen LogP) is 7.65. The average molecular weight is 727 g/mol. The normalized spacial score (nSPS) is 10.7. The van der Waals surface area contributed by atoms with Crippen molar-refractivity contribution in [3.8, 4) is 0 Å². The molecule has 0 heterocycles. The van der Waals surface area contributed by atoms with Gasteiger partial charge in [0.25, 0.3) is 0 Å². The van der Waals surface area contributed by atoms with Gasteiger partial charge in [-0.25, -0.2) is 7.92 Å². The summed E-state index contributed by atoms with van der Waals surface area (Å²) in [7, 11) is -1.21. The molecule has 0 aliphatic heterocycles. The van der Waals surface area contributed by atoms with Gasteiger partial charge in [-0.15, -0.1) is 12.3 Å². The fraction of sp³-hybridized carbons (Fsp3) is 0.0500. The summed E-state index contributed by atoms with van der Waals surface area (Å²) in [5.41, 5.74) is 5.60. The van der Waals surface area contributed by atoms with Crippen molar-refractivity contribution < 1.29 is 19.5 Å². The third-order valence-corrected chi connectivity index (χ3v) is 14.4. The Morgan fingerprint density at radius 2 is 0.600 bits per heavy atom. The van der Waals surface area contributed by atoms with E-state index in [1.807, 2.05) is 12.1 Å². The molecule has 0 unspecified atom stereocenters. The van der Waals surface area contributed by atoms with Crippen LogP contribution in [-0.2, 0) is 19.5 Å². The third-order valence-electron chi connectivity index (χ3n) is 7.07. The van der Waals surface area contributed by atoms with Gasteiger partial charge in [-0.2, -0.15) is 0 Å². The van der Waals surface area contributed by atoms with Crippen molar-refractivity contribution in [1.29, 1.82) is 0 Å². The molecule has 6 aromatic carbocycles. The molecule has 0 aliphatic carbocycles. The van der Waals surface area contributed by atoms with Crippen molar-refractivity contribution in [2.45, 2.75) is 0 Å². The summed E-state index contributed by atoms with van der Waals surface area (Å²) in [6, 6.07) is 65.0. The molecule has 6 aromatic rings. The molecule has 0 saturated heterocycles. The van der Waals surface area contributed by atoms with Crippen LogP contribution in [0.1, 0.15) is 0 Å². The third kappa shape index (κ3) is 10.6. The summed E-state index contributed by atoms with van der Waals surface area (Å²) in [4.78, 5) is 0. The minimum atomic E-state index is -0.473. The molecule has 226 valence electrons. The van der Waals surface area contributed by atoms with Crippen molar-refractivity contribution in [3.05, 3.63) is 195 Å². The fourth-order valence-corrected chi connectivity index (χ4v) is 11.7. The molecule has 0 aliphatic rings. The van der Waals surface area contributed by atoms with Crippen LogP contribution in [0.4, 0.5) is 0 Å².